The van der Waals surface area contributed by atoms with Crippen LogP contribution in [0.25, 0.3) is 22.6 Å². The van der Waals surface area contributed by atoms with Crippen LogP contribution < -0.4 is 5.56 Å². The molecule has 0 bridgehead atoms. The normalized spacial score (nSPS) is 17.0. The van der Waals surface area contributed by atoms with E-state index in [1.54, 1.807) is 4.57 Å². The third kappa shape index (κ3) is 2.94. The molecule has 5 rings (SSSR count). The Labute approximate surface area is 170 Å². The van der Waals surface area contributed by atoms with Crippen molar-refractivity contribution in [3.8, 4) is 22.6 Å². The molecule has 1 fully saturated rings. The van der Waals surface area contributed by atoms with Gasteiger partial charge in [0, 0.05) is 16.5 Å². The largest absolute Gasteiger partial charge is 0.395 e. The summed E-state index contributed by atoms with van der Waals surface area (Å²) in [6.07, 6.45) is 6.53. The molecule has 1 N–H and O–H groups in total. The van der Waals surface area contributed by atoms with Crippen molar-refractivity contribution in [2.75, 3.05) is 6.61 Å². The highest BCUT2D eigenvalue weighted by Crippen LogP contribution is 2.48. The molecule has 1 spiro atoms. The molecule has 0 amide bonds. The van der Waals surface area contributed by atoms with Crippen LogP contribution in [0.1, 0.15) is 43.2 Å². The maximum Gasteiger partial charge on any atom is 0.258 e. The zero-order valence-corrected chi connectivity index (χ0v) is 16.6. The van der Waals surface area contributed by atoms with E-state index in [0.717, 1.165) is 54.5 Å². The summed E-state index contributed by atoms with van der Waals surface area (Å²) >= 11 is 0. The van der Waals surface area contributed by atoms with Crippen LogP contribution in [0, 0.1) is 0 Å². The molecule has 1 heterocycles. The van der Waals surface area contributed by atoms with Crippen molar-refractivity contribution in [2.24, 2.45) is 0 Å². The van der Waals surface area contributed by atoms with Gasteiger partial charge in [-0.15, -0.1) is 0 Å². The van der Waals surface area contributed by atoms with Gasteiger partial charge in [0.1, 0.15) is 5.82 Å². The smallest absolute Gasteiger partial charge is 0.258 e. The van der Waals surface area contributed by atoms with Gasteiger partial charge in [0.2, 0.25) is 0 Å². The molecular weight excluding hydrogens is 360 g/mol. The second-order valence-corrected chi connectivity index (χ2v) is 8.38. The van der Waals surface area contributed by atoms with Gasteiger partial charge < -0.3 is 5.11 Å². The van der Waals surface area contributed by atoms with Crippen LogP contribution in [-0.4, -0.2) is 21.3 Å². The standard InChI is InChI=1S/C25H26N2O2/c28-16-15-27-23(18-9-3-1-4-10-18)26-22-20-12-6-5-11-19(20)17-25(21(22)24(27)29)13-7-2-8-14-25/h1,3-6,9-12,28H,2,7-8,13-17H2. The molecule has 29 heavy (non-hydrogen) atoms. The Balaban J connectivity index is 1.84. The molecule has 1 aromatic heterocycles. The molecule has 3 aromatic rings. The molecule has 2 aliphatic carbocycles. The third-order valence-electron chi connectivity index (χ3n) is 6.67. The van der Waals surface area contributed by atoms with Gasteiger partial charge in [-0.1, -0.05) is 73.9 Å². The van der Waals surface area contributed by atoms with Gasteiger partial charge in [-0.05, 0) is 24.8 Å². The highest BCUT2D eigenvalue weighted by atomic mass is 16.3. The van der Waals surface area contributed by atoms with E-state index >= 15 is 0 Å². The summed E-state index contributed by atoms with van der Waals surface area (Å²) in [5.41, 5.74) is 4.92. The maximum absolute atomic E-state index is 13.9. The molecule has 148 valence electrons. The first-order chi connectivity index (χ1) is 14.2. The second-order valence-electron chi connectivity index (χ2n) is 8.38. The number of aliphatic hydroxyl groups is 1. The SMILES string of the molecule is O=c1c2c(nc(-c3ccccc3)n1CCO)-c1ccccc1CC21CCCCC1. The lowest BCUT2D eigenvalue weighted by atomic mass is 9.62. The van der Waals surface area contributed by atoms with E-state index in [1.807, 2.05) is 36.4 Å². The Morgan fingerprint density at radius 2 is 1.69 bits per heavy atom. The van der Waals surface area contributed by atoms with Crippen molar-refractivity contribution in [3.63, 3.8) is 0 Å². The highest BCUT2D eigenvalue weighted by molar-refractivity contribution is 5.73. The number of aromatic nitrogens is 2. The number of hydrogen-bond donors (Lipinski definition) is 1. The number of nitrogens with zero attached hydrogens (tertiary/aromatic N) is 2. The average molecular weight is 386 g/mol. The fourth-order valence-corrected chi connectivity index (χ4v) is 5.36. The van der Waals surface area contributed by atoms with E-state index in [1.165, 1.54) is 12.0 Å². The number of rotatable bonds is 3. The Morgan fingerprint density at radius 1 is 0.966 bits per heavy atom. The second kappa shape index (κ2) is 7.27. The molecule has 0 saturated heterocycles. The Morgan fingerprint density at radius 3 is 2.45 bits per heavy atom. The van der Waals surface area contributed by atoms with Crippen molar-refractivity contribution >= 4 is 0 Å². The topological polar surface area (TPSA) is 55.1 Å². The van der Waals surface area contributed by atoms with Crippen molar-refractivity contribution in [1.29, 1.82) is 0 Å². The van der Waals surface area contributed by atoms with Gasteiger partial charge in [-0.2, -0.15) is 0 Å². The van der Waals surface area contributed by atoms with Gasteiger partial charge in [-0.3, -0.25) is 9.36 Å². The molecular formula is C25H26N2O2. The molecule has 0 atom stereocenters. The van der Waals surface area contributed by atoms with Gasteiger partial charge in [0.25, 0.3) is 5.56 Å². The van der Waals surface area contributed by atoms with E-state index in [9.17, 15) is 9.90 Å². The summed E-state index contributed by atoms with van der Waals surface area (Å²) in [6, 6.07) is 18.2. The first-order valence-electron chi connectivity index (χ1n) is 10.6. The lowest BCUT2D eigenvalue weighted by Crippen LogP contribution is -2.43. The highest BCUT2D eigenvalue weighted by Gasteiger charge is 2.43. The predicted molar refractivity (Wildman–Crippen MR) is 115 cm³/mol. The van der Waals surface area contributed by atoms with Crippen LogP contribution in [-0.2, 0) is 18.4 Å². The minimum Gasteiger partial charge on any atom is -0.395 e. The first kappa shape index (κ1) is 18.3. The van der Waals surface area contributed by atoms with Crippen LogP contribution in [0.15, 0.2) is 59.4 Å². The Bertz CT molecular complexity index is 1100. The third-order valence-corrected chi connectivity index (χ3v) is 6.67. The van der Waals surface area contributed by atoms with E-state index in [0.29, 0.717) is 5.82 Å². The lowest BCUT2D eigenvalue weighted by molar-refractivity contribution is 0.266. The van der Waals surface area contributed by atoms with Crippen LogP contribution in [0.4, 0.5) is 0 Å². The summed E-state index contributed by atoms with van der Waals surface area (Å²) in [6.45, 7) is 0.185. The summed E-state index contributed by atoms with van der Waals surface area (Å²) in [7, 11) is 0. The number of benzene rings is 2. The summed E-state index contributed by atoms with van der Waals surface area (Å²) in [5.74, 6) is 0.645. The molecule has 1 saturated carbocycles. The van der Waals surface area contributed by atoms with Crippen molar-refractivity contribution < 1.29 is 5.11 Å². The molecule has 0 unspecified atom stereocenters. The summed E-state index contributed by atoms with van der Waals surface area (Å²) in [4.78, 5) is 19.0. The van der Waals surface area contributed by atoms with Gasteiger partial charge in [0.15, 0.2) is 0 Å². The molecule has 0 radical (unpaired) electrons. The van der Waals surface area contributed by atoms with Gasteiger partial charge >= 0.3 is 0 Å². The van der Waals surface area contributed by atoms with Crippen molar-refractivity contribution in [1.82, 2.24) is 9.55 Å². The van der Waals surface area contributed by atoms with E-state index in [2.05, 4.69) is 18.2 Å². The minimum atomic E-state index is -0.127. The van der Waals surface area contributed by atoms with Gasteiger partial charge in [0.05, 0.1) is 24.4 Å². The monoisotopic (exact) mass is 386 g/mol. The molecule has 2 aliphatic rings. The van der Waals surface area contributed by atoms with Crippen molar-refractivity contribution in [2.45, 2.75) is 50.5 Å². The molecule has 4 nitrogen and oxygen atoms in total. The quantitative estimate of drug-likeness (QED) is 0.729. The summed E-state index contributed by atoms with van der Waals surface area (Å²) < 4.78 is 1.69. The maximum atomic E-state index is 13.9. The molecule has 0 aliphatic heterocycles. The fraction of sp³-hybridized carbons (Fsp3) is 0.360. The summed E-state index contributed by atoms with van der Waals surface area (Å²) in [5, 5.41) is 9.69. The van der Waals surface area contributed by atoms with E-state index in [4.69, 9.17) is 4.98 Å². The van der Waals surface area contributed by atoms with Crippen LogP contribution >= 0.6 is 0 Å². The Kier molecular flexibility index (Phi) is 4.59. The average Bonchev–Trinajstić information content (AvgIpc) is 2.76. The van der Waals surface area contributed by atoms with Crippen LogP contribution in [0.3, 0.4) is 0 Å². The van der Waals surface area contributed by atoms with E-state index < -0.39 is 0 Å². The van der Waals surface area contributed by atoms with Crippen LogP contribution in [0.2, 0.25) is 0 Å². The zero-order chi connectivity index (χ0) is 19.8. The van der Waals surface area contributed by atoms with Gasteiger partial charge in [-0.25, -0.2) is 4.98 Å². The zero-order valence-electron chi connectivity index (χ0n) is 16.6. The molecule has 4 heteroatoms. The fourth-order valence-electron chi connectivity index (χ4n) is 5.36. The first-order valence-corrected chi connectivity index (χ1v) is 10.6. The predicted octanol–water partition coefficient (Wildman–Crippen LogP) is 4.33. The number of fused-ring (bicyclic) bond motifs is 4. The number of aliphatic hydroxyl groups excluding tert-OH is 1. The minimum absolute atomic E-state index is 0.0271. The molecule has 2 aromatic carbocycles. The Hall–Kier alpha value is -2.72. The van der Waals surface area contributed by atoms with Crippen molar-refractivity contribution in [3.05, 3.63) is 76.1 Å². The number of hydrogen-bond acceptors (Lipinski definition) is 3. The lowest BCUT2D eigenvalue weighted by Gasteiger charge is -2.42. The van der Waals surface area contributed by atoms with Crippen LogP contribution in [0.5, 0.6) is 0 Å². The van der Waals surface area contributed by atoms with E-state index in [-0.39, 0.29) is 24.1 Å².